The van der Waals surface area contributed by atoms with Crippen molar-refractivity contribution in [3.8, 4) is 0 Å². The Morgan fingerprint density at radius 2 is 1.68 bits per heavy atom. The number of unbranched alkanes of at least 4 members (excludes halogenated alkanes) is 2. The predicted octanol–water partition coefficient (Wildman–Crippen LogP) is 7.87. The molecular weight excluding hydrogens is 302 g/mol. The first kappa shape index (κ1) is 19.7. The van der Waals surface area contributed by atoms with Crippen LogP contribution in [0.4, 0.5) is 5.69 Å². The molecule has 0 N–H and O–H groups in total. The average Bonchev–Trinajstić information content (AvgIpc) is 2.61. The van der Waals surface area contributed by atoms with Crippen molar-refractivity contribution in [3.63, 3.8) is 0 Å². The molecule has 0 amide bonds. The van der Waals surface area contributed by atoms with Gasteiger partial charge in [-0.15, -0.1) is 0 Å². The zero-order valence-corrected chi connectivity index (χ0v) is 16.8. The summed E-state index contributed by atoms with van der Waals surface area (Å²) in [6.45, 7) is 11.5. The third-order valence-electron chi connectivity index (χ3n) is 5.39. The van der Waals surface area contributed by atoms with Gasteiger partial charge in [0.1, 0.15) is 0 Å². The number of hydrogen-bond acceptors (Lipinski definition) is 1. The maximum Gasteiger partial charge on any atom is 0.0664 e. The number of nitrogens with zero attached hydrogens (tertiary/aromatic N) is 1. The van der Waals surface area contributed by atoms with E-state index in [1.165, 1.54) is 54.2 Å². The topological polar surface area (TPSA) is 12.4 Å². The fourth-order valence-electron chi connectivity index (χ4n) is 3.34. The Balaban J connectivity index is 2.32. The molecule has 2 atom stereocenters. The Morgan fingerprint density at radius 3 is 2.32 bits per heavy atom. The summed E-state index contributed by atoms with van der Waals surface area (Å²) in [5.41, 5.74) is 3.82. The fraction of sp³-hybridized carbons (Fsp3) is 0.542. The zero-order chi connectivity index (χ0) is 18.2. The van der Waals surface area contributed by atoms with E-state index in [0.717, 1.165) is 12.1 Å². The van der Waals surface area contributed by atoms with Crippen molar-refractivity contribution in [1.82, 2.24) is 0 Å². The summed E-state index contributed by atoms with van der Waals surface area (Å²) < 4.78 is 0. The maximum atomic E-state index is 5.19. The van der Waals surface area contributed by atoms with E-state index in [1.807, 2.05) is 0 Å². The van der Waals surface area contributed by atoms with Crippen LogP contribution in [0.15, 0.2) is 41.4 Å². The monoisotopic (exact) mass is 337 g/mol. The lowest BCUT2D eigenvalue weighted by molar-refractivity contribution is 0.546. The van der Waals surface area contributed by atoms with Crippen molar-refractivity contribution in [1.29, 1.82) is 0 Å². The summed E-state index contributed by atoms with van der Waals surface area (Å²) in [4.78, 5) is 5.19. The molecule has 2 rings (SSSR count). The van der Waals surface area contributed by atoms with Crippen molar-refractivity contribution >= 4 is 22.2 Å². The first-order chi connectivity index (χ1) is 12.0. The van der Waals surface area contributed by atoms with E-state index in [-0.39, 0.29) is 0 Å². The van der Waals surface area contributed by atoms with Gasteiger partial charge in [-0.3, -0.25) is 4.99 Å². The van der Waals surface area contributed by atoms with Gasteiger partial charge in [0, 0.05) is 5.71 Å². The summed E-state index contributed by atoms with van der Waals surface area (Å²) in [5, 5.41) is 2.59. The van der Waals surface area contributed by atoms with Crippen LogP contribution in [0.2, 0.25) is 0 Å². The first-order valence-electron chi connectivity index (χ1n) is 10.1. The second kappa shape index (κ2) is 9.75. The smallest absolute Gasteiger partial charge is 0.0664 e. The zero-order valence-electron chi connectivity index (χ0n) is 16.8. The first-order valence-corrected chi connectivity index (χ1v) is 10.1. The third kappa shape index (κ3) is 5.70. The van der Waals surface area contributed by atoms with Gasteiger partial charge in [-0.05, 0) is 60.1 Å². The molecule has 0 heterocycles. The molecule has 1 heteroatoms. The predicted molar refractivity (Wildman–Crippen MR) is 113 cm³/mol. The van der Waals surface area contributed by atoms with Crippen molar-refractivity contribution in [3.05, 3.63) is 42.0 Å². The van der Waals surface area contributed by atoms with Gasteiger partial charge >= 0.3 is 0 Å². The number of fused-ring (bicyclic) bond motifs is 1. The molecule has 0 saturated heterocycles. The molecule has 0 saturated carbocycles. The summed E-state index contributed by atoms with van der Waals surface area (Å²) in [6, 6.07) is 13.1. The summed E-state index contributed by atoms with van der Waals surface area (Å²) in [6.07, 6.45) is 7.53. The highest BCUT2D eigenvalue weighted by Crippen LogP contribution is 2.28. The van der Waals surface area contributed by atoms with Gasteiger partial charge in [-0.1, -0.05) is 77.6 Å². The normalized spacial score (nSPS) is 14.7. The number of aliphatic imine (C=N–C) groups is 1. The number of rotatable bonds is 9. The molecule has 2 unspecified atom stereocenters. The number of aryl methyl sites for hydroxylation is 1. The van der Waals surface area contributed by atoms with Crippen molar-refractivity contribution in [2.45, 2.75) is 73.1 Å². The third-order valence-corrected chi connectivity index (χ3v) is 5.39. The Bertz CT molecular complexity index is 698. The highest BCUT2D eigenvalue weighted by Gasteiger charge is 2.14. The average molecular weight is 338 g/mol. The van der Waals surface area contributed by atoms with E-state index in [9.17, 15) is 0 Å². The molecule has 1 nitrogen and oxygen atoms in total. The molecule has 136 valence electrons. The SMILES string of the molecule is CCCCCC(C)/C(CC(C)CC)=N/c1cc2ccccc2cc1C. The molecule has 0 aliphatic heterocycles. The van der Waals surface area contributed by atoms with Gasteiger partial charge in [0.15, 0.2) is 0 Å². The van der Waals surface area contributed by atoms with Crippen molar-refractivity contribution in [2.24, 2.45) is 16.8 Å². The molecule has 0 fully saturated rings. The van der Waals surface area contributed by atoms with E-state index < -0.39 is 0 Å². The van der Waals surface area contributed by atoms with Crippen LogP contribution in [0.1, 0.15) is 71.8 Å². The minimum absolute atomic E-state index is 0.575. The highest BCUT2D eigenvalue weighted by atomic mass is 14.8. The largest absolute Gasteiger partial charge is 0.257 e. The van der Waals surface area contributed by atoms with Crippen LogP contribution >= 0.6 is 0 Å². The highest BCUT2D eigenvalue weighted by molar-refractivity contribution is 5.92. The minimum atomic E-state index is 0.575. The number of benzene rings is 2. The van der Waals surface area contributed by atoms with Crippen LogP contribution in [0.5, 0.6) is 0 Å². The quantitative estimate of drug-likeness (QED) is 0.326. The van der Waals surface area contributed by atoms with E-state index >= 15 is 0 Å². The summed E-state index contributed by atoms with van der Waals surface area (Å²) in [7, 11) is 0. The lowest BCUT2D eigenvalue weighted by atomic mass is 9.90. The molecule has 0 aliphatic rings. The van der Waals surface area contributed by atoms with E-state index in [1.54, 1.807) is 0 Å². The van der Waals surface area contributed by atoms with Crippen LogP contribution in [0, 0.1) is 18.8 Å². The van der Waals surface area contributed by atoms with Crippen molar-refractivity contribution in [2.75, 3.05) is 0 Å². The van der Waals surface area contributed by atoms with Gasteiger partial charge in [0.05, 0.1) is 5.69 Å². The summed E-state index contributed by atoms with van der Waals surface area (Å²) >= 11 is 0. The molecular formula is C24H35N. The van der Waals surface area contributed by atoms with E-state index in [0.29, 0.717) is 11.8 Å². The van der Waals surface area contributed by atoms with Gasteiger partial charge in [-0.25, -0.2) is 0 Å². The van der Waals surface area contributed by atoms with Crippen molar-refractivity contribution < 1.29 is 0 Å². The molecule has 0 radical (unpaired) electrons. The van der Waals surface area contributed by atoms with Gasteiger partial charge in [0.25, 0.3) is 0 Å². The fourth-order valence-corrected chi connectivity index (χ4v) is 3.34. The second-order valence-electron chi connectivity index (χ2n) is 7.70. The second-order valence-corrected chi connectivity index (χ2v) is 7.70. The maximum absolute atomic E-state index is 5.19. The Morgan fingerprint density at radius 1 is 1.00 bits per heavy atom. The molecule has 0 bridgehead atoms. The van der Waals surface area contributed by atoms with E-state index in [2.05, 4.69) is 71.0 Å². The standard InChI is InChI=1S/C24H35N/c1-6-8-9-12-19(4)23(15-18(3)7-2)25-24-17-22-14-11-10-13-21(22)16-20(24)5/h10-11,13-14,16-19H,6-9,12,15H2,1-5H3/b25-23+. The molecule has 0 aromatic heterocycles. The lowest BCUT2D eigenvalue weighted by Crippen LogP contribution is -2.15. The van der Waals surface area contributed by atoms with Crippen LogP contribution in [-0.2, 0) is 0 Å². The van der Waals surface area contributed by atoms with Crippen LogP contribution in [-0.4, -0.2) is 5.71 Å². The Labute approximate surface area is 154 Å². The van der Waals surface area contributed by atoms with Crippen LogP contribution in [0.25, 0.3) is 10.8 Å². The molecule has 2 aromatic rings. The van der Waals surface area contributed by atoms with E-state index in [4.69, 9.17) is 4.99 Å². The van der Waals surface area contributed by atoms with Gasteiger partial charge in [-0.2, -0.15) is 0 Å². The Hall–Kier alpha value is -1.63. The lowest BCUT2D eigenvalue weighted by Gasteiger charge is -2.19. The number of hydrogen-bond donors (Lipinski definition) is 0. The molecule has 0 aliphatic carbocycles. The Kier molecular flexibility index (Phi) is 7.68. The molecule has 0 spiro atoms. The van der Waals surface area contributed by atoms with Gasteiger partial charge < -0.3 is 0 Å². The van der Waals surface area contributed by atoms with Crippen LogP contribution < -0.4 is 0 Å². The minimum Gasteiger partial charge on any atom is -0.257 e. The van der Waals surface area contributed by atoms with Gasteiger partial charge in [0.2, 0.25) is 0 Å². The molecule has 25 heavy (non-hydrogen) atoms. The van der Waals surface area contributed by atoms with Crippen LogP contribution in [0.3, 0.4) is 0 Å². The summed E-state index contributed by atoms with van der Waals surface area (Å²) in [5.74, 6) is 1.28. The molecule has 2 aromatic carbocycles.